The summed E-state index contributed by atoms with van der Waals surface area (Å²) >= 11 is 0. The van der Waals surface area contributed by atoms with E-state index in [9.17, 15) is 18.0 Å². The molecule has 1 N–H and O–H groups in total. The maximum absolute atomic E-state index is 12.9. The van der Waals surface area contributed by atoms with Crippen LogP contribution in [-0.4, -0.2) is 27.1 Å². The molecule has 7 heteroatoms. The molecule has 0 atom stereocenters. The third kappa shape index (κ3) is 4.89. The number of nitrogens with zero attached hydrogens (tertiary/aromatic N) is 1. The number of amides is 1. The van der Waals surface area contributed by atoms with Crippen LogP contribution in [0.15, 0.2) is 42.5 Å². The van der Waals surface area contributed by atoms with Gasteiger partial charge in [-0.15, -0.1) is 0 Å². The number of nitrogens with one attached hydrogen (secondary N) is 1. The van der Waals surface area contributed by atoms with Crippen LogP contribution in [0.25, 0.3) is 0 Å². The number of halogens is 3. The van der Waals surface area contributed by atoms with Crippen LogP contribution in [0.4, 0.5) is 24.5 Å². The number of carbonyl (C=O) groups excluding carboxylic acids is 1. The molecule has 0 saturated carbocycles. The summed E-state index contributed by atoms with van der Waals surface area (Å²) in [7, 11) is 4.93. The minimum Gasteiger partial charge on any atom is -0.497 e. The predicted molar refractivity (Wildman–Crippen MR) is 91.1 cm³/mol. The molecule has 2 aromatic carbocycles. The van der Waals surface area contributed by atoms with Crippen molar-refractivity contribution in [3.8, 4) is 5.75 Å². The Balaban J connectivity index is 2.20. The van der Waals surface area contributed by atoms with Gasteiger partial charge in [0.25, 0.3) is 0 Å². The highest BCUT2D eigenvalue weighted by Gasteiger charge is 2.31. The standard InChI is InChI=1S/C18H19F3N2O2/c1-23(2)16-9-6-13(18(19,20)21)11-15(16)22-17(24)10-12-4-7-14(25-3)8-5-12/h4-9,11H,10H2,1-3H3,(H,22,24). The quantitative estimate of drug-likeness (QED) is 0.886. The second-order valence-electron chi connectivity index (χ2n) is 5.70. The second kappa shape index (κ2) is 7.46. The second-order valence-corrected chi connectivity index (χ2v) is 5.70. The highest BCUT2D eigenvalue weighted by molar-refractivity contribution is 5.95. The maximum Gasteiger partial charge on any atom is 0.416 e. The van der Waals surface area contributed by atoms with Gasteiger partial charge < -0.3 is 15.0 Å². The third-order valence-electron chi connectivity index (χ3n) is 3.60. The number of alkyl halides is 3. The number of hydrogen-bond acceptors (Lipinski definition) is 3. The van der Waals surface area contributed by atoms with Gasteiger partial charge in [0.1, 0.15) is 5.75 Å². The highest BCUT2D eigenvalue weighted by Crippen LogP contribution is 2.35. The molecule has 134 valence electrons. The van der Waals surface area contributed by atoms with Crippen molar-refractivity contribution in [2.24, 2.45) is 0 Å². The SMILES string of the molecule is COc1ccc(CC(=O)Nc2cc(C(F)(F)F)ccc2N(C)C)cc1. The largest absolute Gasteiger partial charge is 0.497 e. The Kier molecular flexibility index (Phi) is 5.56. The molecule has 0 fully saturated rings. The number of methoxy groups -OCH3 is 1. The van der Waals surface area contributed by atoms with Gasteiger partial charge in [0.15, 0.2) is 0 Å². The lowest BCUT2D eigenvalue weighted by Crippen LogP contribution is -2.19. The van der Waals surface area contributed by atoms with Crippen molar-refractivity contribution in [3.63, 3.8) is 0 Å². The number of benzene rings is 2. The van der Waals surface area contributed by atoms with Crippen LogP contribution >= 0.6 is 0 Å². The molecule has 0 aromatic heterocycles. The Morgan fingerprint density at radius 1 is 1.12 bits per heavy atom. The minimum absolute atomic E-state index is 0.0487. The molecular weight excluding hydrogens is 333 g/mol. The Hall–Kier alpha value is -2.70. The third-order valence-corrected chi connectivity index (χ3v) is 3.60. The summed E-state index contributed by atoms with van der Waals surface area (Å²) in [5.74, 6) is 0.268. The van der Waals surface area contributed by atoms with Crippen molar-refractivity contribution in [1.29, 1.82) is 0 Å². The lowest BCUT2D eigenvalue weighted by atomic mass is 10.1. The molecule has 0 unspecified atom stereocenters. The average Bonchev–Trinajstić information content (AvgIpc) is 2.54. The van der Waals surface area contributed by atoms with Gasteiger partial charge in [-0.2, -0.15) is 13.2 Å². The fourth-order valence-corrected chi connectivity index (χ4v) is 2.33. The molecule has 2 rings (SSSR count). The topological polar surface area (TPSA) is 41.6 Å². The van der Waals surface area contributed by atoms with E-state index in [0.717, 1.165) is 17.7 Å². The molecule has 0 aliphatic carbocycles. The molecule has 25 heavy (non-hydrogen) atoms. The van der Waals surface area contributed by atoms with E-state index in [1.807, 2.05) is 0 Å². The van der Waals surface area contributed by atoms with Gasteiger partial charge in [-0.1, -0.05) is 12.1 Å². The number of ether oxygens (including phenoxy) is 1. The normalized spacial score (nSPS) is 11.1. The first-order chi connectivity index (χ1) is 11.7. The minimum atomic E-state index is -4.47. The van der Waals surface area contributed by atoms with Gasteiger partial charge in [0.05, 0.1) is 30.5 Å². The van der Waals surface area contributed by atoms with Crippen LogP contribution in [0.5, 0.6) is 5.75 Å². The summed E-state index contributed by atoms with van der Waals surface area (Å²) in [5, 5.41) is 2.57. The zero-order valence-corrected chi connectivity index (χ0v) is 14.1. The monoisotopic (exact) mass is 352 g/mol. The average molecular weight is 352 g/mol. The Labute approximate surface area is 144 Å². The first-order valence-corrected chi connectivity index (χ1v) is 7.52. The summed E-state index contributed by atoms with van der Waals surface area (Å²) in [6.45, 7) is 0. The zero-order chi connectivity index (χ0) is 18.6. The van der Waals surface area contributed by atoms with Crippen LogP contribution in [0.2, 0.25) is 0 Å². The molecule has 1 amide bonds. The molecule has 0 heterocycles. The van der Waals surface area contributed by atoms with Crippen LogP contribution in [0, 0.1) is 0 Å². The van der Waals surface area contributed by atoms with Crippen LogP contribution < -0.4 is 15.0 Å². The van der Waals surface area contributed by atoms with E-state index < -0.39 is 17.6 Å². The van der Waals surface area contributed by atoms with Gasteiger partial charge >= 0.3 is 6.18 Å². The zero-order valence-electron chi connectivity index (χ0n) is 14.1. The lowest BCUT2D eigenvalue weighted by molar-refractivity contribution is -0.137. The predicted octanol–water partition coefficient (Wildman–Crippen LogP) is 3.96. The summed E-state index contributed by atoms with van der Waals surface area (Å²) in [6, 6.07) is 10.2. The Morgan fingerprint density at radius 2 is 1.76 bits per heavy atom. The van der Waals surface area contributed by atoms with Gasteiger partial charge in [-0.25, -0.2) is 0 Å². The molecule has 0 radical (unpaired) electrons. The van der Waals surface area contributed by atoms with Crippen molar-refractivity contribution in [3.05, 3.63) is 53.6 Å². The fourth-order valence-electron chi connectivity index (χ4n) is 2.33. The number of anilines is 2. The van der Waals surface area contributed by atoms with Crippen LogP contribution in [-0.2, 0) is 17.4 Å². The summed E-state index contributed by atoms with van der Waals surface area (Å²) < 4.78 is 43.8. The highest BCUT2D eigenvalue weighted by atomic mass is 19.4. The summed E-state index contributed by atoms with van der Waals surface area (Å²) in [4.78, 5) is 13.9. The summed E-state index contributed by atoms with van der Waals surface area (Å²) in [6.07, 6.45) is -4.42. The first-order valence-electron chi connectivity index (χ1n) is 7.52. The number of rotatable bonds is 5. The molecule has 0 bridgehead atoms. The molecule has 0 saturated heterocycles. The van der Waals surface area contributed by atoms with Crippen molar-refractivity contribution >= 4 is 17.3 Å². The summed E-state index contributed by atoms with van der Waals surface area (Å²) in [5.41, 5.74) is 0.545. The van der Waals surface area contributed by atoms with Gasteiger partial charge in [-0.3, -0.25) is 4.79 Å². The number of hydrogen-bond donors (Lipinski definition) is 1. The van der Waals surface area contributed by atoms with Gasteiger partial charge in [-0.05, 0) is 35.9 Å². The van der Waals surface area contributed by atoms with Gasteiger partial charge in [0, 0.05) is 14.1 Å². The fraction of sp³-hybridized carbons (Fsp3) is 0.278. The molecule has 2 aromatic rings. The molecule has 0 spiro atoms. The molecular formula is C18H19F3N2O2. The molecule has 0 aliphatic rings. The van der Waals surface area contributed by atoms with Gasteiger partial charge in [0.2, 0.25) is 5.91 Å². The van der Waals surface area contributed by atoms with Crippen LogP contribution in [0.1, 0.15) is 11.1 Å². The van der Waals surface area contributed by atoms with Crippen molar-refractivity contribution in [1.82, 2.24) is 0 Å². The van der Waals surface area contributed by atoms with E-state index in [4.69, 9.17) is 4.74 Å². The van der Waals surface area contributed by atoms with E-state index in [2.05, 4.69) is 5.32 Å². The van der Waals surface area contributed by atoms with Crippen LogP contribution in [0.3, 0.4) is 0 Å². The Morgan fingerprint density at radius 3 is 2.28 bits per heavy atom. The maximum atomic E-state index is 12.9. The van der Waals surface area contributed by atoms with Crippen molar-refractivity contribution < 1.29 is 22.7 Å². The van der Waals surface area contributed by atoms with E-state index in [1.54, 1.807) is 43.3 Å². The number of carbonyl (C=O) groups is 1. The molecule has 0 aliphatic heterocycles. The van der Waals surface area contributed by atoms with E-state index >= 15 is 0 Å². The smallest absolute Gasteiger partial charge is 0.416 e. The van der Waals surface area contributed by atoms with E-state index in [-0.39, 0.29) is 12.1 Å². The van der Waals surface area contributed by atoms with Crippen molar-refractivity contribution in [2.75, 3.05) is 31.4 Å². The van der Waals surface area contributed by atoms with E-state index in [0.29, 0.717) is 11.4 Å². The first kappa shape index (κ1) is 18.6. The lowest BCUT2D eigenvalue weighted by Gasteiger charge is -2.20. The Bertz CT molecular complexity index is 741. The molecule has 4 nitrogen and oxygen atoms in total. The van der Waals surface area contributed by atoms with E-state index in [1.165, 1.54) is 13.2 Å². The van der Waals surface area contributed by atoms with Crippen molar-refractivity contribution in [2.45, 2.75) is 12.6 Å².